The van der Waals surface area contributed by atoms with Gasteiger partial charge >= 0.3 is 0 Å². The van der Waals surface area contributed by atoms with Crippen LogP contribution in [-0.2, 0) is 19.5 Å². The maximum Gasteiger partial charge on any atom is 0.274 e. The Morgan fingerprint density at radius 3 is 2.07 bits per heavy atom. The number of rotatable bonds is 7. The first kappa shape index (κ1) is 18.9. The van der Waals surface area contributed by atoms with Gasteiger partial charge in [0.1, 0.15) is 0 Å². The third kappa shape index (κ3) is 4.21. The predicted octanol–water partition coefficient (Wildman–Crippen LogP) is 4.69. The highest BCUT2D eigenvalue weighted by Crippen LogP contribution is 2.16. The number of pyridine rings is 2. The van der Waals surface area contributed by atoms with E-state index >= 15 is 0 Å². The molecule has 0 spiro atoms. The van der Waals surface area contributed by atoms with Gasteiger partial charge in [-0.15, -0.1) is 0 Å². The molecular weight excluding hydrogens is 358 g/mol. The van der Waals surface area contributed by atoms with Crippen LogP contribution in [0.15, 0.2) is 89.9 Å². The normalized spacial score (nSPS) is 10.9. The van der Waals surface area contributed by atoms with Crippen molar-refractivity contribution in [2.24, 2.45) is 0 Å². The molecule has 0 atom stereocenters. The molecule has 2 aromatic heterocycles. The molecule has 0 bridgehead atoms. The van der Waals surface area contributed by atoms with Crippen LogP contribution < -0.4 is 10.6 Å². The second kappa shape index (κ2) is 8.74. The highest BCUT2D eigenvalue weighted by atomic mass is 16.1. The van der Waals surface area contributed by atoms with Gasteiger partial charge in [-0.3, -0.25) is 9.80 Å². The molecule has 2 heterocycles. The minimum atomic E-state index is 0.0184. The van der Waals surface area contributed by atoms with Gasteiger partial charge in [0.15, 0.2) is 5.65 Å². The fourth-order valence-corrected chi connectivity index (χ4v) is 3.68. The van der Waals surface area contributed by atoms with Crippen molar-refractivity contribution in [1.82, 2.24) is 9.66 Å². The van der Waals surface area contributed by atoms with Crippen LogP contribution in [0, 0.1) is 0 Å². The molecule has 4 aromatic rings. The van der Waals surface area contributed by atoms with Crippen LogP contribution >= 0.6 is 0 Å². The maximum absolute atomic E-state index is 13.5. The largest absolute Gasteiger partial charge is 0.299 e. The Hall–Kier alpha value is -3.40. The summed E-state index contributed by atoms with van der Waals surface area (Å²) in [6, 6.07) is 26.5. The summed E-state index contributed by atoms with van der Waals surface area (Å²) in [6.07, 6.45) is 3.44. The Morgan fingerprint density at radius 2 is 1.48 bits per heavy atom. The van der Waals surface area contributed by atoms with E-state index in [2.05, 4.69) is 41.2 Å². The van der Waals surface area contributed by atoms with E-state index in [0.29, 0.717) is 18.7 Å². The molecule has 0 radical (unpaired) electrons. The molecule has 2 aromatic carbocycles. The Kier molecular flexibility index (Phi) is 5.71. The van der Waals surface area contributed by atoms with Crippen LogP contribution in [0.3, 0.4) is 0 Å². The summed E-state index contributed by atoms with van der Waals surface area (Å²) in [7, 11) is 0. The summed E-state index contributed by atoms with van der Waals surface area (Å²) in [5, 5.41) is 3.09. The van der Waals surface area contributed by atoms with Crippen molar-refractivity contribution < 1.29 is 0 Å². The van der Waals surface area contributed by atoms with Crippen LogP contribution in [0.1, 0.15) is 30.0 Å². The summed E-state index contributed by atoms with van der Waals surface area (Å²) in [5.74, 6) is 0. The van der Waals surface area contributed by atoms with Crippen molar-refractivity contribution in [1.29, 1.82) is 0 Å². The van der Waals surface area contributed by atoms with E-state index in [1.807, 2.05) is 54.6 Å². The summed E-state index contributed by atoms with van der Waals surface area (Å²) in [6.45, 7) is 3.34. The zero-order chi connectivity index (χ0) is 20.1. The van der Waals surface area contributed by atoms with Crippen molar-refractivity contribution >= 4 is 11.0 Å². The molecule has 29 heavy (non-hydrogen) atoms. The van der Waals surface area contributed by atoms with Gasteiger partial charge in [0, 0.05) is 17.1 Å². The predicted molar refractivity (Wildman–Crippen MR) is 119 cm³/mol. The Bertz CT molecular complexity index is 1100. The second-order valence-corrected chi connectivity index (χ2v) is 7.25. The molecule has 4 heteroatoms. The molecule has 0 unspecified atom stereocenters. The average molecular weight is 383 g/mol. The molecular formula is C25H25N3O. The number of hydrogen-bond acceptors (Lipinski definition) is 3. The van der Waals surface area contributed by atoms with Crippen molar-refractivity contribution in [3.8, 4) is 0 Å². The third-order valence-electron chi connectivity index (χ3n) is 5.03. The lowest BCUT2D eigenvalue weighted by Gasteiger charge is -2.28. The van der Waals surface area contributed by atoms with Gasteiger partial charge < -0.3 is 0 Å². The van der Waals surface area contributed by atoms with E-state index in [4.69, 9.17) is 0 Å². The van der Waals surface area contributed by atoms with Crippen LogP contribution in [0.5, 0.6) is 0 Å². The van der Waals surface area contributed by atoms with Crippen molar-refractivity contribution in [2.45, 2.75) is 32.9 Å². The molecule has 0 N–H and O–H groups in total. The van der Waals surface area contributed by atoms with Gasteiger partial charge in [0.05, 0.1) is 13.1 Å². The molecule has 0 fully saturated rings. The van der Waals surface area contributed by atoms with Gasteiger partial charge in [0.2, 0.25) is 0 Å². The number of aryl methyl sites for hydroxylation is 1. The van der Waals surface area contributed by atoms with E-state index in [1.165, 1.54) is 0 Å². The first-order chi connectivity index (χ1) is 14.3. The SMILES string of the molecule is CCCc1cc2cccnc2n(N(Cc2ccccc2)Cc2ccccc2)c1=O. The smallest absolute Gasteiger partial charge is 0.274 e. The number of benzene rings is 2. The molecule has 4 rings (SSSR count). The Morgan fingerprint density at radius 1 is 0.862 bits per heavy atom. The van der Waals surface area contributed by atoms with E-state index in [-0.39, 0.29) is 5.56 Å². The lowest BCUT2D eigenvalue weighted by molar-refractivity contribution is 0.568. The molecule has 0 aliphatic rings. The zero-order valence-electron chi connectivity index (χ0n) is 16.7. The second-order valence-electron chi connectivity index (χ2n) is 7.25. The Balaban J connectivity index is 1.88. The molecule has 0 saturated carbocycles. The summed E-state index contributed by atoms with van der Waals surface area (Å²) >= 11 is 0. The standard InChI is InChI=1S/C25H25N3O/c1-2-10-23-17-22-15-9-16-26-24(22)28(25(23)29)27(18-20-11-5-3-6-12-20)19-21-13-7-4-8-14-21/h3-9,11-17H,2,10,18-19H2,1H3. The first-order valence-corrected chi connectivity index (χ1v) is 10.1. The van der Waals surface area contributed by atoms with Gasteiger partial charge in [-0.05, 0) is 35.7 Å². The van der Waals surface area contributed by atoms with Gasteiger partial charge in [-0.2, -0.15) is 0 Å². The maximum atomic E-state index is 13.5. The van der Waals surface area contributed by atoms with Crippen LogP contribution in [0.4, 0.5) is 0 Å². The van der Waals surface area contributed by atoms with Crippen LogP contribution in [0.25, 0.3) is 11.0 Å². The van der Waals surface area contributed by atoms with E-state index < -0.39 is 0 Å². The fraction of sp³-hybridized carbons (Fsp3) is 0.200. The molecule has 0 aliphatic carbocycles. The topological polar surface area (TPSA) is 38.1 Å². The lowest BCUT2D eigenvalue weighted by atomic mass is 10.1. The van der Waals surface area contributed by atoms with Gasteiger partial charge in [-0.25, -0.2) is 9.66 Å². The molecule has 0 amide bonds. The van der Waals surface area contributed by atoms with E-state index in [1.54, 1.807) is 10.9 Å². The summed E-state index contributed by atoms with van der Waals surface area (Å²) in [5.41, 5.74) is 3.86. The summed E-state index contributed by atoms with van der Waals surface area (Å²) < 4.78 is 1.78. The fourth-order valence-electron chi connectivity index (χ4n) is 3.68. The zero-order valence-corrected chi connectivity index (χ0v) is 16.7. The highest BCUT2D eigenvalue weighted by molar-refractivity contribution is 5.75. The molecule has 0 aliphatic heterocycles. The third-order valence-corrected chi connectivity index (χ3v) is 5.03. The van der Waals surface area contributed by atoms with Crippen molar-refractivity contribution in [3.63, 3.8) is 0 Å². The number of fused-ring (bicyclic) bond motifs is 1. The first-order valence-electron chi connectivity index (χ1n) is 10.1. The van der Waals surface area contributed by atoms with Gasteiger partial charge in [0.25, 0.3) is 5.56 Å². The number of nitrogens with zero attached hydrogens (tertiary/aromatic N) is 3. The minimum Gasteiger partial charge on any atom is -0.299 e. The van der Waals surface area contributed by atoms with Gasteiger partial charge in [-0.1, -0.05) is 74.0 Å². The molecule has 4 nitrogen and oxygen atoms in total. The minimum absolute atomic E-state index is 0.0184. The Labute approximate surface area is 171 Å². The summed E-state index contributed by atoms with van der Waals surface area (Å²) in [4.78, 5) is 18.0. The molecule has 0 saturated heterocycles. The van der Waals surface area contributed by atoms with Crippen LogP contribution in [0.2, 0.25) is 0 Å². The van der Waals surface area contributed by atoms with Crippen molar-refractivity contribution in [2.75, 3.05) is 5.01 Å². The highest BCUT2D eigenvalue weighted by Gasteiger charge is 2.16. The van der Waals surface area contributed by atoms with Crippen molar-refractivity contribution in [3.05, 3.63) is 112 Å². The average Bonchev–Trinajstić information content (AvgIpc) is 2.76. The quantitative estimate of drug-likeness (QED) is 0.465. The van der Waals surface area contributed by atoms with E-state index in [9.17, 15) is 4.79 Å². The molecule has 146 valence electrons. The van der Waals surface area contributed by atoms with E-state index in [0.717, 1.165) is 34.9 Å². The lowest BCUT2D eigenvalue weighted by Crippen LogP contribution is -2.42. The number of aromatic nitrogens is 2. The van der Waals surface area contributed by atoms with Crippen LogP contribution in [-0.4, -0.2) is 9.66 Å². The number of hydrogen-bond donors (Lipinski definition) is 0. The monoisotopic (exact) mass is 383 g/mol.